The lowest BCUT2D eigenvalue weighted by molar-refractivity contribution is -0.118. The number of nitrogen functional groups attached to an aromatic ring is 1. The van der Waals surface area contributed by atoms with Gasteiger partial charge in [0.15, 0.2) is 0 Å². The molecule has 0 spiro atoms. The van der Waals surface area contributed by atoms with E-state index in [0.29, 0.717) is 17.6 Å². The predicted molar refractivity (Wildman–Crippen MR) is 68.7 cm³/mol. The summed E-state index contributed by atoms with van der Waals surface area (Å²) in [7, 11) is 0. The highest BCUT2D eigenvalue weighted by Gasteiger charge is 2.27. The van der Waals surface area contributed by atoms with Crippen molar-refractivity contribution in [1.29, 1.82) is 0 Å². The first-order valence-electron chi connectivity index (χ1n) is 5.99. The standard InChI is InChI=1S/C11H18N6O/c1-6(4-8(12)18)14-9-5-10(17-13)16-11(15-9)7-2-3-7/h5-7H,2-4,13H2,1H3,(H2,12,18)(H2,14,15,16,17). The molecule has 0 aromatic carbocycles. The summed E-state index contributed by atoms with van der Waals surface area (Å²) in [4.78, 5) is 19.5. The number of rotatable bonds is 6. The van der Waals surface area contributed by atoms with Crippen LogP contribution in [0.2, 0.25) is 0 Å². The van der Waals surface area contributed by atoms with Crippen LogP contribution in [-0.4, -0.2) is 21.9 Å². The smallest absolute Gasteiger partial charge is 0.219 e. The van der Waals surface area contributed by atoms with E-state index in [1.54, 1.807) is 6.07 Å². The van der Waals surface area contributed by atoms with E-state index in [1.165, 1.54) is 0 Å². The summed E-state index contributed by atoms with van der Waals surface area (Å²) in [5.41, 5.74) is 7.67. The van der Waals surface area contributed by atoms with Gasteiger partial charge >= 0.3 is 0 Å². The zero-order chi connectivity index (χ0) is 13.1. The first-order valence-corrected chi connectivity index (χ1v) is 5.99. The molecule has 0 saturated heterocycles. The van der Waals surface area contributed by atoms with Crippen LogP contribution < -0.4 is 22.3 Å². The van der Waals surface area contributed by atoms with Gasteiger partial charge in [-0.25, -0.2) is 15.8 Å². The summed E-state index contributed by atoms with van der Waals surface area (Å²) in [5.74, 6) is 7.49. The van der Waals surface area contributed by atoms with Gasteiger partial charge in [-0.15, -0.1) is 0 Å². The third-order valence-corrected chi connectivity index (χ3v) is 2.74. The zero-order valence-electron chi connectivity index (χ0n) is 10.3. The number of hydrazine groups is 1. The van der Waals surface area contributed by atoms with E-state index in [9.17, 15) is 4.79 Å². The minimum Gasteiger partial charge on any atom is -0.370 e. The van der Waals surface area contributed by atoms with E-state index < -0.39 is 0 Å². The van der Waals surface area contributed by atoms with Crippen molar-refractivity contribution in [3.8, 4) is 0 Å². The van der Waals surface area contributed by atoms with Crippen molar-refractivity contribution >= 4 is 17.5 Å². The quantitative estimate of drug-likeness (QED) is 0.426. The summed E-state index contributed by atoms with van der Waals surface area (Å²) in [6.07, 6.45) is 2.49. The fourth-order valence-electron chi connectivity index (χ4n) is 1.74. The number of hydrogen-bond donors (Lipinski definition) is 4. The predicted octanol–water partition coefficient (Wildman–Crippen LogP) is 0.315. The first-order chi connectivity index (χ1) is 8.58. The number of amides is 1. The summed E-state index contributed by atoms with van der Waals surface area (Å²) in [5, 5.41) is 3.12. The second-order valence-electron chi connectivity index (χ2n) is 4.63. The van der Waals surface area contributed by atoms with Crippen molar-refractivity contribution < 1.29 is 4.79 Å². The maximum Gasteiger partial charge on any atom is 0.219 e. The molecule has 1 aliphatic carbocycles. The van der Waals surface area contributed by atoms with E-state index >= 15 is 0 Å². The molecule has 98 valence electrons. The van der Waals surface area contributed by atoms with E-state index in [1.807, 2.05) is 6.92 Å². The number of carbonyl (C=O) groups is 1. The van der Waals surface area contributed by atoms with E-state index in [4.69, 9.17) is 11.6 Å². The van der Waals surface area contributed by atoms with Crippen LogP contribution in [0.5, 0.6) is 0 Å². The fourth-order valence-corrected chi connectivity index (χ4v) is 1.74. The molecule has 7 nitrogen and oxygen atoms in total. The molecule has 0 bridgehead atoms. The second kappa shape index (κ2) is 5.18. The molecule has 1 atom stereocenters. The van der Waals surface area contributed by atoms with Crippen LogP contribution in [0.25, 0.3) is 0 Å². The Morgan fingerprint density at radius 1 is 1.50 bits per heavy atom. The molecule has 6 N–H and O–H groups in total. The Balaban J connectivity index is 2.10. The fraction of sp³-hybridized carbons (Fsp3) is 0.545. The van der Waals surface area contributed by atoms with Gasteiger partial charge in [-0.3, -0.25) is 4.79 Å². The minimum atomic E-state index is -0.344. The molecule has 1 aromatic rings. The summed E-state index contributed by atoms with van der Waals surface area (Å²) in [6, 6.07) is 1.64. The van der Waals surface area contributed by atoms with Crippen molar-refractivity contribution in [2.75, 3.05) is 10.7 Å². The summed E-state index contributed by atoms with van der Waals surface area (Å²) < 4.78 is 0. The van der Waals surface area contributed by atoms with Crippen molar-refractivity contribution in [3.63, 3.8) is 0 Å². The Hall–Kier alpha value is -1.89. The van der Waals surface area contributed by atoms with Gasteiger partial charge in [0.05, 0.1) is 0 Å². The molecule has 2 rings (SSSR count). The van der Waals surface area contributed by atoms with Crippen LogP contribution >= 0.6 is 0 Å². The lowest BCUT2D eigenvalue weighted by Gasteiger charge is -2.14. The Morgan fingerprint density at radius 3 is 2.72 bits per heavy atom. The number of nitrogens with two attached hydrogens (primary N) is 2. The van der Waals surface area contributed by atoms with Gasteiger partial charge in [0.1, 0.15) is 17.5 Å². The molecule has 18 heavy (non-hydrogen) atoms. The first kappa shape index (κ1) is 12.6. The topological polar surface area (TPSA) is 119 Å². The van der Waals surface area contributed by atoms with Crippen molar-refractivity contribution in [3.05, 3.63) is 11.9 Å². The van der Waals surface area contributed by atoms with Crippen LogP contribution in [-0.2, 0) is 4.79 Å². The number of hydrogen-bond acceptors (Lipinski definition) is 6. The van der Waals surface area contributed by atoms with Crippen molar-refractivity contribution in [2.45, 2.75) is 38.1 Å². The van der Waals surface area contributed by atoms with Gasteiger partial charge in [-0.05, 0) is 19.8 Å². The molecule has 7 heteroatoms. The highest BCUT2D eigenvalue weighted by Crippen LogP contribution is 2.38. The lowest BCUT2D eigenvalue weighted by atomic mass is 10.2. The molecule has 1 amide bonds. The molecule has 1 aromatic heterocycles. The monoisotopic (exact) mass is 250 g/mol. The molecule has 0 aliphatic heterocycles. The Bertz CT molecular complexity index is 445. The Morgan fingerprint density at radius 2 is 2.17 bits per heavy atom. The summed E-state index contributed by atoms with van der Waals surface area (Å²) in [6.45, 7) is 1.87. The van der Waals surface area contributed by atoms with Gasteiger partial charge in [-0.2, -0.15) is 0 Å². The van der Waals surface area contributed by atoms with Gasteiger partial charge in [0.2, 0.25) is 5.91 Å². The number of primary amides is 1. The molecular weight excluding hydrogens is 232 g/mol. The van der Waals surface area contributed by atoms with Crippen molar-refractivity contribution in [2.24, 2.45) is 11.6 Å². The normalized spacial score (nSPS) is 16.1. The van der Waals surface area contributed by atoms with Crippen LogP contribution in [0.1, 0.15) is 37.9 Å². The number of aromatic nitrogens is 2. The highest BCUT2D eigenvalue weighted by molar-refractivity contribution is 5.74. The lowest BCUT2D eigenvalue weighted by Crippen LogP contribution is -2.24. The molecule has 1 fully saturated rings. The average Bonchev–Trinajstić information content (AvgIpc) is 3.10. The van der Waals surface area contributed by atoms with Crippen molar-refractivity contribution in [1.82, 2.24) is 9.97 Å². The average molecular weight is 250 g/mol. The number of nitrogens with zero attached hydrogens (tertiary/aromatic N) is 2. The SMILES string of the molecule is CC(CC(N)=O)Nc1cc(NN)nc(C2CC2)n1. The second-order valence-corrected chi connectivity index (χ2v) is 4.63. The van der Waals surface area contributed by atoms with Gasteiger partial charge in [0, 0.05) is 24.4 Å². The largest absolute Gasteiger partial charge is 0.370 e. The van der Waals surface area contributed by atoms with E-state index in [-0.39, 0.29) is 18.4 Å². The van der Waals surface area contributed by atoms with Gasteiger partial charge < -0.3 is 16.5 Å². The third-order valence-electron chi connectivity index (χ3n) is 2.74. The summed E-state index contributed by atoms with van der Waals surface area (Å²) >= 11 is 0. The molecule has 0 radical (unpaired) electrons. The maximum atomic E-state index is 10.8. The molecule has 1 unspecified atom stereocenters. The molecular formula is C11H18N6O. The Labute approximate surface area is 105 Å². The third kappa shape index (κ3) is 3.30. The van der Waals surface area contributed by atoms with Gasteiger partial charge in [0.25, 0.3) is 0 Å². The van der Waals surface area contributed by atoms with Crippen LogP contribution in [0, 0.1) is 0 Å². The van der Waals surface area contributed by atoms with E-state index in [2.05, 4.69) is 20.7 Å². The van der Waals surface area contributed by atoms with Crippen LogP contribution in [0.3, 0.4) is 0 Å². The highest BCUT2D eigenvalue weighted by atomic mass is 16.1. The minimum absolute atomic E-state index is 0.0740. The van der Waals surface area contributed by atoms with Crippen LogP contribution in [0.15, 0.2) is 6.07 Å². The maximum absolute atomic E-state index is 10.8. The van der Waals surface area contributed by atoms with Crippen LogP contribution in [0.4, 0.5) is 11.6 Å². The number of carbonyl (C=O) groups excluding carboxylic acids is 1. The zero-order valence-corrected chi connectivity index (χ0v) is 10.3. The Kier molecular flexibility index (Phi) is 3.61. The van der Waals surface area contributed by atoms with E-state index in [0.717, 1.165) is 18.7 Å². The molecule has 1 aliphatic rings. The molecule has 1 heterocycles. The number of anilines is 2. The van der Waals surface area contributed by atoms with Gasteiger partial charge in [-0.1, -0.05) is 0 Å². The number of nitrogens with one attached hydrogen (secondary N) is 2. The molecule has 1 saturated carbocycles.